The number of hydrogen-bond donors (Lipinski definition) is 1. The lowest BCUT2D eigenvalue weighted by molar-refractivity contribution is 0.330. The van der Waals surface area contributed by atoms with Crippen molar-refractivity contribution in [1.29, 1.82) is 0 Å². The highest BCUT2D eigenvalue weighted by atomic mass is 32.1. The normalized spacial score (nSPS) is 27.5. The molecule has 0 atom stereocenters. The molecular formula is C10H17N3S. The standard InChI is InChI=1S/C10H17N3S/c1-2-8-3-5-9(6-4-8)12-10-13-11-7-14-10/h7-9H,2-6H2,1H3,(H,12,13). The molecule has 2 rings (SSSR count). The Kier molecular flexibility index (Phi) is 3.35. The first-order chi connectivity index (χ1) is 6.88. The lowest BCUT2D eigenvalue weighted by Gasteiger charge is -2.28. The summed E-state index contributed by atoms with van der Waals surface area (Å²) in [7, 11) is 0. The van der Waals surface area contributed by atoms with E-state index in [2.05, 4.69) is 22.4 Å². The molecule has 0 bridgehead atoms. The van der Waals surface area contributed by atoms with Crippen LogP contribution in [-0.4, -0.2) is 16.2 Å². The zero-order valence-corrected chi connectivity index (χ0v) is 9.39. The highest BCUT2D eigenvalue weighted by Crippen LogP contribution is 2.28. The number of hydrogen-bond acceptors (Lipinski definition) is 4. The molecule has 1 aromatic rings. The minimum Gasteiger partial charge on any atom is -0.357 e. The zero-order valence-electron chi connectivity index (χ0n) is 8.57. The van der Waals surface area contributed by atoms with Crippen molar-refractivity contribution < 1.29 is 0 Å². The highest BCUT2D eigenvalue weighted by Gasteiger charge is 2.20. The van der Waals surface area contributed by atoms with Crippen molar-refractivity contribution in [2.45, 2.75) is 45.1 Å². The molecule has 1 aromatic heterocycles. The van der Waals surface area contributed by atoms with Crippen LogP contribution >= 0.6 is 11.3 Å². The Balaban J connectivity index is 1.79. The molecule has 1 heterocycles. The Morgan fingerprint density at radius 2 is 2.21 bits per heavy atom. The van der Waals surface area contributed by atoms with E-state index in [1.807, 2.05) is 0 Å². The molecule has 0 aliphatic heterocycles. The second-order valence-corrected chi connectivity index (χ2v) is 4.85. The number of rotatable bonds is 3. The summed E-state index contributed by atoms with van der Waals surface area (Å²) >= 11 is 1.59. The monoisotopic (exact) mass is 211 g/mol. The van der Waals surface area contributed by atoms with Gasteiger partial charge < -0.3 is 5.32 Å². The van der Waals surface area contributed by atoms with Gasteiger partial charge in [-0.3, -0.25) is 0 Å². The smallest absolute Gasteiger partial charge is 0.205 e. The van der Waals surface area contributed by atoms with Gasteiger partial charge in [-0.25, -0.2) is 0 Å². The van der Waals surface area contributed by atoms with Gasteiger partial charge in [-0.05, 0) is 31.6 Å². The fourth-order valence-electron chi connectivity index (χ4n) is 2.13. The van der Waals surface area contributed by atoms with Crippen molar-refractivity contribution in [2.24, 2.45) is 5.92 Å². The topological polar surface area (TPSA) is 37.8 Å². The molecule has 4 heteroatoms. The molecule has 1 aliphatic carbocycles. The second-order valence-electron chi connectivity index (χ2n) is 4.01. The summed E-state index contributed by atoms with van der Waals surface area (Å²) in [5, 5.41) is 12.3. The molecule has 0 aromatic carbocycles. The maximum atomic E-state index is 4.01. The quantitative estimate of drug-likeness (QED) is 0.835. The molecule has 3 nitrogen and oxygen atoms in total. The third kappa shape index (κ3) is 2.44. The molecule has 78 valence electrons. The Labute approximate surface area is 88.9 Å². The SMILES string of the molecule is CCC1CCC(Nc2nncs2)CC1. The van der Waals surface area contributed by atoms with E-state index in [0.29, 0.717) is 6.04 Å². The summed E-state index contributed by atoms with van der Waals surface area (Å²) in [6.45, 7) is 2.29. The number of nitrogens with zero attached hydrogens (tertiary/aromatic N) is 2. The predicted octanol–water partition coefficient (Wildman–Crippen LogP) is 2.92. The van der Waals surface area contributed by atoms with E-state index in [9.17, 15) is 0 Å². The fourth-order valence-corrected chi connectivity index (χ4v) is 2.65. The molecule has 0 radical (unpaired) electrons. The van der Waals surface area contributed by atoms with Crippen LogP contribution in [0, 0.1) is 5.92 Å². The maximum Gasteiger partial charge on any atom is 0.205 e. The largest absolute Gasteiger partial charge is 0.357 e. The molecule has 0 saturated heterocycles. The summed E-state index contributed by atoms with van der Waals surface area (Å²) in [5.41, 5.74) is 1.78. The fraction of sp³-hybridized carbons (Fsp3) is 0.800. The Hall–Kier alpha value is -0.640. The Morgan fingerprint density at radius 3 is 2.79 bits per heavy atom. The van der Waals surface area contributed by atoms with Gasteiger partial charge in [0.05, 0.1) is 0 Å². The molecule has 1 N–H and O–H groups in total. The summed E-state index contributed by atoms with van der Waals surface area (Å²) in [6.07, 6.45) is 6.65. The van der Waals surface area contributed by atoms with Crippen LogP contribution in [0.2, 0.25) is 0 Å². The Bertz CT molecular complexity index is 252. The first-order valence-corrected chi connectivity index (χ1v) is 6.29. The van der Waals surface area contributed by atoms with Crippen LogP contribution in [0.15, 0.2) is 5.51 Å². The summed E-state index contributed by atoms with van der Waals surface area (Å²) in [5.74, 6) is 0.961. The number of aromatic nitrogens is 2. The number of nitrogens with one attached hydrogen (secondary N) is 1. The lowest BCUT2D eigenvalue weighted by atomic mass is 9.85. The molecule has 1 aliphatic rings. The van der Waals surface area contributed by atoms with E-state index < -0.39 is 0 Å². The van der Waals surface area contributed by atoms with Gasteiger partial charge >= 0.3 is 0 Å². The van der Waals surface area contributed by atoms with Crippen LogP contribution in [0.1, 0.15) is 39.0 Å². The molecule has 0 spiro atoms. The van der Waals surface area contributed by atoms with Crippen molar-refractivity contribution in [2.75, 3.05) is 5.32 Å². The van der Waals surface area contributed by atoms with Gasteiger partial charge in [-0.2, -0.15) is 0 Å². The Morgan fingerprint density at radius 1 is 1.43 bits per heavy atom. The summed E-state index contributed by atoms with van der Waals surface area (Å²) < 4.78 is 0. The average Bonchev–Trinajstić information content (AvgIpc) is 2.72. The summed E-state index contributed by atoms with van der Waals surface area (Å²) in [4.78, 5) is 0. The molecule has 0 amide bonds. The zero-order chi connectivity index (χ0) is 9.80. The van der Waals surface area contributed by atoms with Gasteiger partial charge in [-0.15, -0.1) is 10.2 Å². The molecule has 14 heavy (non-hydrogen) atoms. The minimum atomic E-state index is 0.630. The van der Waals surface area contributed by atoms with Crippen LogP contribution in [0.4, 0.5) is 5.13 Å². The van der Waals surface area contributed by atoms with Crippen LogP contribution in [-0.2, 0) is 0 Å². The predicted molar refractivity (Wildman–Crippen MR) is 59.6 cm³/mol. The first-order valence-electron chi connectivity index (χ1n) is 5.41. The van der Waals surface area contributed by atoms with E-state index in [0.717, 1.165) is 11.0 Å². The van der Waals surface area contributed by atoms with Gasteiger partial charge in [-0.1, -0.05) is 24.7 Å². The van der Waals surface area contributed by atoms with E-state index in [4.69, 9.17) is 0 Å². The van der Waals surface area contributed by atoms with Gasteiger partial charge in [0, 0.05) is 6.04 Å². The van der Waals surface area contributed by atoms with Crippen LogP contribution in [0.5, 0.6) is 0 Å². The van der Waals surface area contributed by atoms with Crippen molar-refractivity contribution in [1.82, 2.24) is 10.2 Å². The van der Waals surface area contributed by atoms with Crippen molar-refractivity contribution in [3.63, 3.8) is 0 Å². The van der Waals surface area contributed by atoms with Gasteiger partial charge in [0.2, 0.25) is 5.13 Å². The average molecular weight is 211 g/mol. The summed E-state index contributed by atoms with van der Waals surface area (Å²) in [6, 6.07) is 0.630. The van der Waals surface area contributed by atoms with Crippen LogP contribution < -0.4 is 5.32 Å². The van der Waals surface area contributed by atoms with Crippen molar-refractivity contribution in [3.8, 4) is 0 Å². The van der Waals surface area contributed by atoms with Gasteiger partial charge in [0.25, 0.3) is 0 Å². The van der Waals surface area contributed by atoms with E-state index in [1.165, 1.54) is 32.1 Å². The second kappa shape index (κ2) is 4.73. The van der Waals surface area contributed by atoms with Gasteiger partial charge in [0.1, 0.15) is 5.51 Å². The van der Waals surface area contributed by atoms with E-state index >= 15 is 0 Å². The molecule has 1 saturated carbocycles. The molecular weight excluding hydrogens is 194 g/mol. The third-order valence-electron chi connectivity index (χ3n) is 3.11. The van der Waals surface area contributed by atoms with Crippen LogP contribution in [0.3, 0.4) is 0 Å². The minimum absolute atomic E-state index is 0.630. The highest BCUT2D eigenvalue weighted by molar-refractivity contribution is 7.13. The lowest BCUT2D eigenvalue weighted by Crippen LogP contribution is -2.25. The van der Waals surface area contributed by atoms with Crippen molar-refractivity contribution >= 4 is 16.5 Å². The molecule has 1 fully saturated rings. The number of anilines is 1. The van der Waals surface area contributed by atoms with Gasteiger partial charge in [0.15, 0.2) is 0 Å². The molecule has 0 unspecified atom stereocenters. The van der Waals surface area contributed by atoms with E-state index in [-0.39, 0.29) is 0 Å². The third-order valence-corrected chi connectivity index (χ3v) is 3.73. The van der Waals surface area contributed by atoms with Crippen molar-refractivity contribution in [3.05, 3.63) is 5.51 Å². The van der Waals surface area contributed by atoms with Crippen LogP contribution in [0.25, 0.3) is 0 Å². The maximum absolute atomic E-state index is 4.01. The first kappa shape index (κ1) is 9.90. The van der Waals surface area contributed by atoms with E-state index in [1.54, 1.807) is 16.8 Å².